The van der Waals surface area contributed by atoms with Crippen LogP contribution >= 0.6 is 0 Å². The molecule has 0 saturated heterocycles. The lowest BCUT2D eigenvalue weighted by Gasteiger charge is -2.19. The summed E-state index contributed by atoms with van der Waals surface area (Å²) >= 11 is 0. The molecular formula is C14H22N4O3S. The Hall–Kier alpha value is -1.80. The van der Waals surface area contributed by atoms with E-state index in [0.717, 1.165) is 17.7 Å². The molecule has 1 aliphatic rings. The molecule has 8 heteroatoms. The summed E-state index contributed by atoms with van der Waals surface area (Å²) in [6.07, 6.45) is 0.753. The zero-order valence-corrected chi connectivity index (χ0v) is 13.5. The van der Waals surface area contributed by atoms with Crippen LogP contribution in [0.15, 0.2) is 29.3 Å². The van der Waals surface area contributed by atoms with Gasteiger partial charge in [-0.25, -0.2) is 8.42 Å². The third-order valence-corrected chi connectivity index (χ3v) is 5.19. The summed E-state index contributed by atoms with van der Waals surface area (Å²) in [6.45, 7) is 1.65. The number of nitrogens with zero attached hydrogens (tertiary/aromatic N) is 2. The minimum Gasteiger partial charge on any atom is -0.383 e. The van der Waals surface area contributed by atoms with E-state index in [9.17, 15) is 8.42 Å². The Kier molecular flexibility index (Phi) is 5.62. The van der Waals surface area contributed by atoms with Gasteiger partial charge in [-0.15, -0.1) is 0 Å². The Morgan fingerprint density at radius 2 is 2.23 bits per heavy atom. The van der Waals surface area contributed by atoms with Crippen LogP contribution in [-0.2, 0) is 21.2 Å². The smallest absolute Gasteiger partial charge is 0.236 e. The number of guanidine groups is 1. The van der Waals surface area contributed by atoms with Gasteiger partial charge in [0.15, 0.2) is 5.96 Å². The van der Waals surface area contributed by atoms with Crippen molar-refractivity contribution in [1.29, 1.82) is 0 Å². The third-order valence-electron chi connectivity index (χ3n) is 3.42. The van der Waals surface area contributed by atoms with Crippen LogP contribution in [0, 0.1) is 0 Å². The van der Waals surface area contributed by atoms with E-state index >= 15 is 0 Å². The molecule has 0 atom stereocenters. The normalized spacial score (nSPS) is 15.0. The minimum absolute atomic E-state index is 0.0260. The second kappa shape index (κ2) is 7.46. The van der Waals surface area contributed by atoms with Crippen molar-refractivity contribution >= 4 is 21.7 Å². The van der Waals surface area contributed by atoms with Crippen LogP contribution in [0.3, 0.4) is 0 Å². The molecule has 22 heavy (non-hydrogen) atoms. The number of ether oxygens (including phenoxy) is 1. The van der Waals surface area contributed by atoms with Crippen molar-refractivity contribution in [2.75, 3.05) is 43.4 Å². The number of anilines is 1. The van der Waals surface area contributed by atoms with E-state index in [0.29, 0.717) is 19.7 Å². The number of nitrogens with one attached hydrogen (secondary N) is 1. The summed E-state index contributed by atoms with van der Waals surface area (Å²) in [4.78, 5) is 4.02. The molecule has 0 unspecified atom stereocenters. The van der Waals surface area contributed by atoms with Crippen molar-refractivity contribution < 1.29 is 13.2 Å². The molecule has 0 bridgehead atoms. The van der Waals surface area contributed by atoms with E-state index in [-0.39, 0.29) is 18.3 Å². The van der Waals surface area contributed by atoms with Gasteiger partial charge in [0.25, 0.3) is 0 Å². The highest BCUT2D eigenvalue weighted by molar-refractivity contribution is 7.92. The SMILES string of the molecule is COCCN=C(N)NCCS(=O)(=O)N1CCc2ccccc21. The minimum atomic E-state index is -3.36. The van der Waals surface area contributed by atoms with Gasteiger partial charge in [0, 0.05) is 20.2 Å². The molecule has 0 aromatic heterocycles. The lowest BCUT2D eigenvalue weighted by atomic mass is 10.2. The van der Waals surface area contributed by atoms with Crippen molar-refractivity contribution in [3.8, 4) is 0 Å². The van der Waals surface area contributed by atoms with Crippen molar-refractivity contribution in [2.45, 2.75) is 6.42 Å². The molecule has 3 N–H and O–H groups in total. The number of nitrogens with two attached hydrogens (primary N) is 1. The molecule has 1 aromatic rings. The number of hydrogen-bond donors (Lipinski definition) is 2. The fraction of sp³-hybridized carbons (Fsp3) is 0.500. The Balaban J connectivity index is 1.89. The molecule has 0 amide bonds. The number of fused-ring (bicyclic) bond motifs is 1. The fourth-order valence-corrected chi connectivity index (χ4v) is 3.76. The van der Waals surface area contributed by atoms with Gasteiger partial charge in [0.05, 0.1) is 24.6 Å². The number of hydrogen-bond acceptors (Lipinski definition) is 4. The summed E-state index contributed by atoms with van der Waals surface area (Å²) in [5, 5.41) is 2.81. The van der Waals surface area contributed by atoms with E-state index in [2.05, 4.69) is 10.3 Å². The quantitative estimate of drug-likeness (QED) is 0.415. The second-order valence-electron chi connectivity index (χ2n) is 4.95. The van der Waals surface area contributed by atoms with Crippen LogP contribution in [0.4, 0.5) is 5.69 Å². The maximum absolute atomic E-state index is 12.4. The largest absolute Gasteiger partial charge is 0.383 e. The van der Waals surface area contributed by atoms with Crippen molar-refractivity contribution in [2.24, 2.45) is 10.7 Å². The van der Waals surface area contributed by atoms with Crippen LogP contribution in [0.1, 0.15) is 5.56 Å². The summed E-state index contributed by atoms with van der Waals surface area (Å²) in [7, 11) is -1.78. The number of methoxy groups -OCH3 is 1. The third kappa shape index (κ3) is 4.11. The summed E-state index contributed by atoms with van der Waals surface area (Å²) in [6, 6.07) is 7.58. The highest BCUT2D eigenvalue weighted by Crippen LogP contribution is 2.29. The molecule has 0 aliphatic carbocycles. The number of sulfonamides is 1. The van der Waals surface area contributed by atoms with Gasteiger partial charge in [0.2, 0.25) is 10.0 Å². The van der Waals surface area contributed by atoms with Gasteiger partial charge in [-0.1, -0.05) is 18.2 Å². The molecule has 7 nitrogen and oxygen atoms in total. The number of para-hydroxylation sites is 1. The monoisotopic (exact) mass is 326 g/mol. The van der Waals surface area contributed by atoms with E-state index in [1.807, 2.05) is 24.3 Å². The molecule has 1 aliphatic heterocycles. The van der Waals surface area contributed by atoms with Crippen LogP contribution in [0.5, 0.6) is 0 Å². The fourth-order valence-electron chi connectivity index (χ4n) is 2.33. The molecule has 0 radical (unpaired) electrons. The molecule has 1 aromatic carbocycles. The standard InChI is InChI=1S/C14H22N4O3S/c1-21-10-7-16-14(15)17-8-11-22(19,20)18-9-6-12-4-2-3-5-13(12)18/h2-5H,6-11H2,1H3,(H3,15,16,17). The van der Waals surface area contributed by atoms with Gasteiger partial charge in [-0.05, 0) is 18.1 Å². The summed E-state index contributed by atoms with van der Waals surface area (Å²) in [5.74, 6) is 0.205. The van der Waals surface area contributed by atoms with Gasteiger partial charge in [-0.3, -0.25) is 9.30 Å². The molecule has 122 valence electrons. The number of benzene rings is 1. The zero-order chi connectivity index (χ0) is 16.0. The van der Waals surface area contributed by atoms with E-state index in [1.54, 1.807) is 7.11 Å². The van der Waals surface area contributed by atoms with Gasteiger partial charge in [-0.2, -0.15) is 0 Å². The van der Waals surface area contributed by atoms with Crippen LogP contribution in [0.25, 0.3) is 0 Å². The summed E-state index contributed by atoms with van der Waals surface area (Å²) < 4.78 is 31.2. The molecule has 2 rings (SSSR count). The van der Waals surface area contributed by atoms with Crippen molar-refractivity contribution in [3.05, 3.63) is 29.8 Å². The number of aliphatic imine (C=N–C) groups is 1. The first-order valence-corrected chi connectivity index (χ1v) is 8.76. The lowest BCUT2D eigenvalue weighted by molar-refractivity contribution is 0.208. The average Bonchev–Trinajstić information content (AvgIpc) is 2.92. The van der Waals surface area contributed by atoms with Gasteiger partial charge < -0.3 is 15.8 Å². The molecular weight excluding hydrogens is 304 g/mol. The summed E-state index contributed by atoms with van der Waals surface area (Å²) in [5.41, 5.74) is 7.50. The van der Waals surface area contributed by atoms with Crippen LogP contribution in [0.2, 0.25) is 0 Å². The van der Waals surface area contributed by atoms with E-state index in [4.69, 9.17) is 10.5 Å². The first-order chi connectivity index (χ1) is 10.5. The molecule has 0 fully saturated rings. The predicted molar refractivity (Wildman–Crippen MR) is 87.6 cm³/mol. The van der Waals surface area contributed by atoms with E-state index < -0.39 is 10.0 Å². The Labute approximate surface area is 131 Å². The second-order valence-corrected chi connectivity index (χ2v) is 6.97. The Morgan fingerprint density at radius 1 is 1.45 bits per heavy atom. The van der Waals surface area contributed by atoms with E-state index in [1.165, 1.54) is 4.31 Å². The maximum Gasteiger partial charge on any atom is 0.236 e. The zero-order valence-electron chi connectivity index (χ0n) is 12.7. The Bertz CT molecular complexity index is 631. The highest BCUT2D eigenvalue weighted by atomic mass is 32.2. The van der Waals surface area contributed by atoms with Gasteiger partial charge in [0.1, 0.15) is 0 Å². The molecule has 0 saturated carbocycles. The lowest BCUT2D eigenvalue weighted by Crippen LogP contribution is -2.39. The van der Waals surface area contributed by atoms with Crippen molar-refractivity contribution in [3.63, 3.8) is 0 Å². The van der Waals surface area contributed by atoms with Gasteiger partial charge >= 0.3 is 0 Å². The first-order valence-electron chi connectivity index (χ1n) is 7.15. The predicted octanol–water partition coefficient (Wildman–Crippen LogP) is -0.0704. The van der Waals surface area contributed by atoms with Crippen LogP contribution in [-0.4, -0.2) is 53.5 Å². The maximum atomic E-state index is 12.4. The molecule has 0 spiro atoms. The average molecular weight is 326 g/mol. The highest BCUT2D eigenvalue weighted by Gasteiger charge is 2.28. The van der Waals surface area contributed by atoms with Crippen molar-refractivity contribution in [1.82, 2.24) is 5.32 Å². The molecule has 1 heterocycles. The first kappa shape index (κ1) is 16.6. The Morgan fingerprint density at radius 3 is 3.00 bits per heavy atom. The van der Waals surface area contributed by atoms with Crippen LogP contribution < -0.4 is 15.4 Å². The number of rotatable bonds is 7. The topological polar surface area (TPSA) is 97.0 Å².